The lowest BCUT2D eigenvalue weighted by molar-refractivity contribution is -0.145. The Morgan fingerprint density at radius 2 is 2.00 bits per heavy atom. The number of piperidine rings is 1. The van der Waals surface area contributed by atoms with Crippen LogP contribution in [0, 0.1) is 17.2 Å². The number of hydrogen-bond donors (Lipinski definition) is 2. The number of nitriles is 1. The summed E-state index contributed by atoms with van der Waals surface area (Å²) in [4.78, 5) is 24.4. The van der Waals surface area contributed by atoms with Crippen LogP contribution in [0.1, 0.15) is 26.7 Å². The lowest BCUT2D eigenvalue weighted by Gasteiger charge is -2.29. The van der Waals surface area contributed by atoms with E-state index < -0.39 is 5.97 Å². The Labute approximate surface area is 112 Å². The smallest absolute Gasteiger partial charge is 0.306 e. The molecule has 0 aromatic carbocycles. The van der Waals surface area contributed by atoms with Crippen LogP contribution in [0.25, 0.3) is 0 Å². The van der Waals surface area contributed by atoms with E-state index in [0.717, 1.165) is 0 Å². The Morgan fingerprint density at radius 1 is 1.42 bits per heavy atom. The molecule has 0 atom stereocenters. The van der Waals surface area contributed by atoms with Crippen molar-refractivity contribution in [3.63, 3.8) is 0 Å². The van der Waals surface area contributed by atoms with E-state index in [1.165, 1.54) is 11.1 Å². The van der Waals surface area contributed by atoms with Gasteiger partial charge in [0, 0.05) is 25.3 Å². The summed E-state index contributed by atoms with van der Waals surface area (Å²) in [5.74, 6) is -1.53. The van der Waals surface area contributed by atoms with Crippen molar-refractivity contribution in [2.75, 3.05) is 13.1 Å². The molecule has 2 N–H and O–H groups in total. The lowest BCUT2D eigenvalue weighted by Crippen LogP contribution is -2.41. The average Bonchev–Trinajstić information content (AvgIpc) is 2.39. The van der Waals surface area contributed by atoms with E-state index in [1.807, 2.05) is 19.9 Å². The van der Waals surface area contributed by atoms with Crippen LogP contribution in [-0.4, -0.2) is 41.0 Å². The molecular weight excluding hydrogens is 246 g/mol. The topological polar surface area (TPSA) is 93.4 Å². The zero-order chi connectivity index (χ0) is 14.4. The molecule has 6 heteroatoms. The predicted molar refractivity (Wildman–Crippen MR) is 68.9 cm³/mol. The Bertz CT molecular complexity index is 415. The van der Waals surface area contributed by atoms with Gasteiger partial charge in [0.05, 0.1) is 5.92 Å². The fraction of sp³-hybridized carbons (Fsp3) is 0.615. The zero-order valence-electron chi connectivity index (χ0n) is 11.2. The molecule has 1 rings (SSSR count). The number of carboxylic acids is 1. The van der Waals surface area contributed by atoms with Crippen molar-refractivity contribution in [1.82, 2.24) is 10.2 Å². The van der Waals surface area contributed by atoms with Gasteiger partial charge in [-0.15, -0.1) is 0 Å². The van der Waals surface area contributed by atoms with Crippen molar-refractivity contribution in [1.29, 1.82) is 5.26 Å². The summed E-state index contributed by atoms with van der Waals surface area (Å²) in [6, 6.07) is 2.03. The van der Waals surface area contributed by atoms with Crippen molar-refractivity contribution in [2.45, 2.75) is 32.7 Å². The second-order valence-corrected chi connectivity index (χ2v) is 4.90. The van der Waals surface area contributed by atoms with Crippen LogP contribution in [0.5, 0.6) is 0 Å². The Kier molecular flexibility index (Phi) is 5.37. The highest BCUT2D eigenvalue weighted by atomic mass is 16.4. The molecule has 1 amide bonds. The second kappa shape index (κ2) is 6.78. The van der Waals surface area contributed by atoms with Crippen LogP contribution >= 0.6 is 0 Å². The molecule has 19 heavy (non-hydrogen) atoms. The third-order valence-electron chi connectivity index (χ3n) is 3.04. The number of carboxylic acid groups (broad SMARTS) is 1. The molecule has 0 spiro atoms. The van der Waals surface area contributed by atoms with Gasteiger partial charge in [-0.05, 0) is 26.7 Å². The van der Waals surface area contributed by atoms with Gasteiger partial charge in [0.15, 0.2) is 0 Å². The number of carbonyl (C=O) groups excluding carboxylic acids is 1. The first kappa shape index (κ1) is 15.0. The molecule has 1 aliphatic heterocycles. The van der Waals surface area contributed by atoms with Crippen molar-refractivity contribution in [2.24, 2.45) is 5.92 Å². The molecule has 1 fully saturated rings. The SMILES string of the molecule is CC(C)N/C=C(/C#N)C(=O)N1CCC(C(=O)O)CC1. The van der Waals surface area contributed by atoms with Crippen LogP contribution < -0.4 is 5.32 Å². The monoisotopic (exact) mass is 265 g/mol. The van der Waals surface area contributed by atoms with Crippen molar-refractivity contribution >= 4 is 11.9 Å². The molecule has 0 aromatic heterocycles. The number of aliphatic carboxylic acids is 1. The number of carbonyl (C=O) groups is 2. The maximum atomic E-state index is 12.1. The van der Waals surface area contributed by atoms with Gasteiger partial charge in [-0.2, -0.15) is 5.26 Å². The van der Waals surface area contributed by atoms with Crippen LogP contribution in [-0.2, 0) is 9.59 Å². The summed E-state index contributed by atoms with van der Waals surface area (Å²) in [6.45, 7) is 4.59. The van der Waals surface area contributed by atoms with E-state index in [-0.39, 0.29) is 23.4 Å². The van der Waals surface area contributed by atoms with Crippen molar-refractivity contribution in [3.8, 4) is 6.07 Å². The third-order valence-corrected chi connectivity index (χ3v) is 3.04. The van der Waals surface area contributed by atoms with Gasteiger partial charge in [-0.1, -0.05) is 0 Å². The van der Waals surface area contributed by atoms with E-state index in [1.54, 1.807) is 0 Å². The van der Waals surface area contributed by atoms with E-state index in [0.29, 0.717) is 25.9 Å². The Morgan fingerprint density at radius 3 is 2.42 bits per heavy atom. The fourth-order valence-electron chi connectivity index (χ4n) is 1.89. The highest BCUT2D eigenvalue weighted by Gasteiger charge is 2.28. The average molecular weight is 265 g/mol. The largest absolute Gasteiger partial charge is 0.481 e. The molecule has 0 aromatic rings. The molecule has 1 aliphatic rings. The maximum Gasteiger partial charge on any atom is 0.306 e. The van der Waals surface area contributed by atoms with Crippen molar-refractivity contribution in [3.05, 3.63) is 11.8 Å². The summed E-state index contributed by atoms with van der Waals surface area (Å²) in [7, 11) is 0. The van der Waals surface area contributed by atoms with Gasteiger partial charge in [-0.3, -0.25) is 9.59 Å². The minimum absolute atomic E-state index is 0.0578. The Hall–Kier alpha value is -2.03. The van der Waals surface area contributed by atoms with E-state index in [2.05, 4.69) is 5.32 Å². The number of nitrogens with zero attached hydrogens (tertiary/aromatic N) is 2. The van der Waals surface area contributed by atoms with Gasteiger partial charge in [0.25, 0.3) is 5.91 Å². The van der Waals surface area contributed by atoms with Gasteiger partial charge >= 0.3 is 5.97 Å². The standard InChI is InChI=1S/C13H19N3O3/c1-9(2)15-8-11(7-14)12(17)16-5-3-10(4-6-16)13(18)19/h8-10,15H,3-6H2,1-2H3,(H,18,19)/b11-8-. The molecule has 104 valence electrons. The quantitative estimate of drug-likeness (QED) is 0.577. The molecule has 0 aliphatic carbocycles. The minimum Gasteiger partial charge on any atom is -0.481 e. The lowest BCUT2D eigenvalue weighted by atomic mass is 9.97. The second-order valence-electron chi connectivity index (χ2n) is 4.90. The summed E-state index contributed by atoms with van der Waals surface area (Å²) in [6.07, 6.45) is 2.31. The number of likely N-dealkylation sites (tertiary alicyclic amines) is 1. The van der Waals surface area contributed by atoms with Gasteiger partial charge in [-0.25, -0.2) is 0 Å². The molecule has 6 nitrogen and oxygen atoms in total. The number of nitrogens with one attached hydrogen (secondary N) is 1. The van der Waals surface area contributed by atoms with Crippen LogP contribution in [0.3, 0.4) is 0 Å². The molecule has 0 unspecified atom stereocenters. The zero-order valence-corrected chi connectivity index (χ0v) is 11.2. The molecule has 1 heterocycles. The molecule has 0 saturated carbocycles. The van der Waals surface area contributed by atoms with E-state index >= 15 is 0 Å². The number of hydrogen-bond acceptors (Lipinski definition) is 4. The Balaban J connectivity index is 2.61. The third kappa shape index (κ3) is 4.28. The first-order valence-corrected chi connectivity index (χ1v) is 6.34. The molecule has 1 saturated heterocycles. The van der Waals surface area contributed by atoms with Crippen molar-refractivity contribution < 1.29 is 14.7 Å². The summed E-state index contributed by atoms with van der Waals surface area (Å²) >= 11 is 0. The first-order valence-electron chi connectivity index (χ1n) is 6.34. The highest BCUT2D eigenvalue weighted by molar-refractivity contribution is 5.97. The molecular formula is C13H19N3O3. The van der Waals surface area contributed by atoms with Crippen LogP contribution in [0.2, 0.25) is 0 Å². The van der Waals surface area contributed by atoms with Crippen LogP contribution in [0.15, 0.2) is 11.8 Å². The number of amides is 1. The van der Waals surface area contributed by atoms with Gasteiger partial charge in [0.2, 0.25) is 0 Å². The summed E-state index contributed by atoms with van der Waals surface area (Å²) < 4.78 is 0. The van der Waals surface area contributed by atoms with Gasteiger partial charge < -0.3 is 15.3 Å². The maximum absolute atomic E-state index is 12.1. The minimum atomic E-state index is -0.815. The highest BCUT2D eigenvalue weighted by Crippen LogP contribution is 2.18. The summed E-state index contributed by atoms with van der Waals surface area (Å²) in [5.41, 5.74) is 0.0578. The van der Waals surface area contributed by atoms with Gasteiger partial charge in [0.1, 0.15) is 11.6 Å². The number of rotatable bonds is 4. The van der Waals surface area contributed by atoms with E-state index in [4.69, 9.17) is 10.4 Å². The normalized spacial score (nSPS) is 17.2. The molecule has 0 radical (unpaired) electrons. The molecule has 0 bridgehead atoms. The first-order chi connectivity index (χ1) is 8.95. The van der Waals surface area contributed by atoms with E-state index in [9.17, 15) is 9.59 Å². The fourth-order valence-corrected chi connectivity index (χ4v) is 1.89. The predicted octanol–water partition coefficient (Wildman–Crippen LogP) is 0.715. The summed E-state index contributed by atoms with van der Waals surface area (Å²) in [5, 5.41) is 20.8. The van der Waals surface area contributed by atoms with Crippen LogP contribution in [0.4, 0.5) is 0 Å².